The van der Waals surface area contributed by atoms with E-state index in [1.54, 1.807) is 29.2 Å². The maximum absolute atomic E-state index is 12.7. The topological polar surface area (TPSA) is 85.5 Å². The smallest absolute Gasteiger partial charge is 0.289 e. The van der Waals surface area contributed by atoms with Crippen LogP contribution in [0.25, 0.3) is 0 Å². The van der Waals surface area contributed by atoms with Crippen molar-refractivity contribution in [2.45, 2.75) is 13.0 Å². The van der Waals surface area contributed by atoms with Crippen molar-refractivity contribution in [2.24, 2.45) is 0 Å². The molecule has 8 heteroatoms. The van der Waals surface area contributed by atoms with Crippen LogP contribution < -0.4 is 19.7 Å². The Hall–Kier alpha value is -3.00. The highest BCUT2D eigenvalue weighted by Gasteiger charge is 2.32. The van der Waals surface area contributed by atoms with Gasteiger partial charge >= 0.3 is 0 Å². The molecule has 1 saturated heterocycles. The van der Waals surface area contributed by atoms with Crippen LogP contribution in [0.5, 0.6) is 11.5 Å². The van der Waals surface area contributed by atoms with E-state index < -0.39 is 0 Å². The van der Waals surface area contributed by atoms with E-state index in [1.807, 2.05) is 13.0 Å². The highest BCUT2D eigenvalue weighted by Crippen LogP contribution is 2.32. The van der Waals surface area contributed by atoms with Crippen molar-refractivity contribution in [3.63, 3.8) is 0 Å². The summed E-state index contributed by atoms with van der Waals surface area (Å²) in [5, 5.41) is 2.95. The van der Waals surface area contributed by atoms with Crippen LogP contribution in [0.2, 0.25) is 0 Å². The van der Waals surface area contributed by atoms with E-state index in [-0.39, 0.29) is 17.9 Å². The lowest BCUT2D eigenvalue weighted by Crippen LogP contribution is -3.19. The molecule has 0 spiro atoms. The lowest BCUT2D eigenvalue weighted by molar-refractivity contribution is -0.917. The molecule has 3 heterocycles. The van der Waals surface area contributed by atoms with Crippen molar-refractivity contribution in [3.05, 3.63) is 42.4 Å². The number of ether oxygens (including phenoxy) is 2. The fraction of sp³-hybridized carbons (Fsp3) is 0.400. The average molecular weight is 386 g/mol. The van der Waals surface area contributed by atoms with Crippen molar-refractivity contribution in [1.29, 1.82) is 0 Å². The molecular weight excluding hydrogens is 362 g/mol. The van der Waals surface area contributed by atoms with E-state index in [0.717, 1.165) is 4.90 Å². The Labute approximate surface area is 163 Å². The van der Waals surface area contributed by atoms with Gasteiger partial charge in [-0.25, -0.2) is 0 Å². The van der Waals surface area contributed by atoms with Crippen LogP contribution in [-0.2, 0) is 4.79 Å². The Morgan fingerprint density at radius 1 is 1.11 bits per heavy atom. The van der Waals surface area contributed by atoms with Gasteiger partial charge in [-0.2, -0.15) is 0 Å². The molecule has 2 amide bonds. The largest absolute Gasteiger partial charge is 0.486 e. The predicted octanol–water partition coefficient (Wildman–Crippen LogP) is 0.419. The number of amides is 2. The summed E-state index contributed by atoms with van der Waals surface area (Å²) < 4.78 is 16.2. The number of nitrogens with zero attached hydrogens (tertiary/aromatic N) is 1. The summed E-state index contributed by atoms with van der Waals surface area (Å²) in [4.78, 5) is 28.0. The molecule has 28 heavy (non-hydrogen) atoms. The minimum absolute atomic E-state index is 0.0579. The number of carbonyl (C=O) groups is 2. The van der Waals surface area contributed by atoms with Gasteiger partial charge in [0.15, 0.2) is 23.3 Å². The first-order chi connectivity index (χ1) is 13.6. The minimum atomic E-state index is -0.228. The van der Waals surface area contributed by atoms with E-state index in [9.17, 15) is 9.59 Å². The van der Waals surface area contributed by atoms with E-state index in [1.165, 1.54) is 6.26 Å². The van der Waals surface area contributed by atoms with Gasteiger partial charge in [0, 0.05) is 11.8 Å². The number of benzene rings is 1. The fourth-order valence-corrected chi connectivity index (χ4v) is 3.54. The van der Waals surface area contributed by atoms with Crippen LogP contribution in [0.4, 0.5) is 5.69 Å². The second-order valence-corrected chi connectivity index (χ2v) is 7.00. The highest BCUT2D eigenvalue weighted by atomic mass is 16.6. The Balaban J connectivity index is 1.32. The maximum atomic E-state index is 12.7. The number of hydrogen-bond acceptors (Lipinski definition) is 5. The number of fused-ring (bicyclic) bond motifs is 1. The molecule has 0 saturated carbocycles. The molecule has 8 nitrogen and oxygen atoms in total. The number of rotatable bonds is 4. The number of nitrogens with one attached hydrogen (secondary N) is 2. The van der Waals surface area contributed by atoms with Crippen molar-refractivity contribution in [3.8, 4) is 11.5 Å². The summed E-state index contributed by atoms with van der Waals surface area (Å²) in [6, 6.07) is 8.56. The van der Waals surface area contributed by atoms with Gasteiger partial charge in [-0.1, -0.05) is 0 Å². The van der Waals surface area contributed by atoms with Crippen LogP contribution in [0.15, 0.2) is 41.0 Å². The zero-order valence-corrected chi connectivity index (χ0v) is 15.8. The number of quaternary nitrogens is 1. The molecule has 2 aliphatic heterocycles. The quantitative estimate of drug-likeness (QED) is 0.796. The predicted molar refractivity (Wildman–Crippen MR) is 101 cm³/mol. The van der Waals surface area contributed by atoms with E-state index in [0.29, 0.717) is 62.3 Å². The third-order valence-electron chi connectivity index (χ3n) is 5.24. The first-order valence-electron chi connectivity index (χ1n) is 9.49. The van der Waals surface area contributed by atoms with Gasteiger partial charge in [0.25, 0.3) is 11.8 Å². The Morgan fingerprint density at radius 3 is 2.57 bits per heavy atom. The van der Waals surface area contributed by atoms with E-state index in [2.05, 4.69) is 5.32 Å². The lowest BCUT2D eigenvalue weighted by Gasteiger charge is -2.34. The first-order valence-corrected chi connectivity index (χ1v) is 9.49. The molecule has 0 radical (unpaired) electrons. The van der Waals surface area contributed by atoms with Gasteiger partial charge in [-0.15, -0.1) is 0 Å². The lowest BCUT2D eigenvalue weighted by atomic mass is 10.2. The molecule has 2 aromatic rings. The number of anilines is 1. The maximum Gasteiger partial charge on any atom is 0.289 e. The zero-order valence-electron chi connectivity index (χ0n) is 15.8. The monoisotopic (exact) mass is 386 g/mol. The summed E-state index contributed by atoms with van der Waals surface area (Å²) >= 11 is 0. The van der Waals surface area contributed by atoms with Crippen molar-refractivity contribution in [1.82, 2.24) is 4.90 Å². The Morgan fingerprint density at radius 2 is 1.86 bits per heavy atom. The van der Waals surface area contributed by atoms with Gasteiger partial charge in [0.2, 0.25) is 0 Å². The normalized spacial score (nSPS) is 17.8. The molecule has 2 aliphatic rings. The number of piperazine rings is 1. The highest BCUT2D eigenvalue weighted by molar-refractivity contribution is 5.94. The summed E-state index contributed by atoms with van der Waals surface area (Å²) in [5.74, 6) is 1.54. The third kappa shape index (κ3) is 3.82. The Kier molecular flexibility index (Phi) is 5.21. The van der Waals surface area contributed by atoms with Gasteiger partial charge in [0.05, 0.1) is 32.4 Å². The average Bonchev–Trinajstić information content (AvgIpc) is 3.27. The molecule has 1 atom stereocenters. The van der Waals surface area contributed by atoms with E-state index in [4.69, 9.17) is 13.9 Å². The molecule has 2 N–H and O–H groups in total. The van der Waals surface area contributed by atoms with Gasteiger partial charge in [0.1, 0.15) is 13.2 Å². The summed E-state index contributed by atoms with van der Waals surface area (Å²) in [6.07, 6.45) is 1.50. The van der Waals surface area contributed by atoms with Crippen molar-refractivity contribution >= 4 is 17.5 Å². The SMILES string of the molecule is C[C@@H](C(=O)Nc1ccc2c(c1)OCCO2)[NH+]1CCN(C(=O)c2ccco2)CC1. The van der Waals surface area contributed by atoms with Crippen LogP contribution in [0.1, 0.15) is 17.5 Å². The number of hydrogen-bond donors (Lipinski definition) is 2. The zero-order chi connectivity index (χ0) is 19.5. The summed E-state index contributed by atoms with van der Waals surface area (Å²) in [7, 11) is 0. The van der Waals surface area contributed by atoms with Crippen molar-refractivity contribution in [2.75, 3.05) is 44.7 Å². The summed E-state index contributed by atoms with van der Waals surface area (Å²) in [6.45, 7) is 5.56. The molecule has 1 fully saturated rings. The molecule has 1 aromatic heterocycles. The summed E-state index contributed by atoms with van der Waals surface area (Å²) in [5.41, 5.74) is 0.687. The second kappa shape index (κ2) is 7.93. The second-order valence-electron chi connectivity index (χ2n) is 7.00. The van der Waals surface area contributed by atoms with Crippen LogP contribution >= 0.6 is 0 Å². The van der Waals surface area contributed by atoms with Gasteiger partial charge in [-0.05, 0) is 31.2 Å². The minimum Gasteiger partial charge on any atom is -0.486 e. The molecule has 1 aromatic carbocycles. The van der Waals surface area contributed by atoms with Crippen molar-refractivity contribution < 1.29 is 28.4 Å². The van der Waals surface area contributed by atoms with Gasteiger partial charge < -0.3 is 29.0 Å². The van der Waals surface area contributed by atoms with E-state index >= 15 is 0 Å². The van der Waals surface area contributed by atoms with Crippen LogP contribution in [0.3, 0.4) is 0 Å². The number of carbonyl (C=O) groups excluding carboxylic acids is 2. The first kappa shape index (κ1) is 18.4. The molecule has 0 aliphatic carbocycles. The van der Waals surface area contributed by atoms with Crippen LogP contribution in [0, 0.1) is 0 Å². The molecule has 148 valence electrons. The number of furan rings is 1. The molecular formula is C20H24N3O5+. The molecule has 4 rings (SSSR count). The molecule has 0 unspecified atom stereocenters. The van der Waals surface area contributed by atoms with Crippen LogP contribution in [-0.4, -0.2) is 62.1 Å². The van der Waals surface area contributed by atoms with Gasteiger partial charge in [-0.3, -0.25) is 9.59 Å². The fourth-order valence-electron chi connectivity index (χ4n) is 3.54. The molecule has 0 bridgehead atoms. The Bertz CT molecular complexity index is 844. The standard InChI is InChI=1S/C20H23N3O5/c1-14(19(24)21-15-4-5-16-18(13-15)28-12-11-27-16)22-6-8-23(9-7-22)20(25)17-3-2-10-26-17/h2-5,10,13-14H,6-9,11-12H2,1H3,(H,21,24)/p+1/t14-/m0/s1. The third-order valence-corrected chi connectivity index (χ3v) is 5.24.